The molecule has 2 heterocycles. The topological polar surface area (TPSA) is 91.4 Å². The third-order valence-corrected chi connectivity index (χ3v) is 4.12. The Bertz CT molecular complexity index is 885. The summed E-state index contributed by atoms with van der Waals surface area (Å²) in [4.78, 5) is 35.3. The van der Waals surface area contributed by atoms with Crippen molar-refractivity contribution in [3.8, 4) is 5.75 Å². The molecule has 0 fully saturated rings. The van der Waals surface area contributed by atoms with Crippen LogP contribution in [-0.2, 0) is 11.8 Å². The summed E-state index contributed by atoms with van der Waals surface area (Å²) in [6.07, 6.45) is -0.101. The second kappa shape index (κ2) is 5.35. The lowest BCUT2D eigenvalue weighted by Gasteiger charge is -2.25. The summed E-state index contributed by atoms with van der Waals surface area (Å²) < 4.78 is 6.62. The van der Waals surface area contributed by atoms with E-state index in [2.05, 4.69) is 0 Å². The van der Waals surface area contributed by atoms with Gasteiger partial charge in [0, 0.05) is 36.4 Å². The van der Waals surface area contributed by atoms with E-state index in [-0.39, 0.29) is 29.0 Å². The molecule has 2 aromatic rings. The van der Waals surface area contributed by atoms with Crippen molar-refractivity contribution in [1.29, 1.82) is 0 Å². The molecule has 23 heavy (non-hydrogen) atoms. The van der Waals surface area contributed by atoms with Gasteiger partial charge in [0.1, 0.15) is 5.75 Å². The number of hydrogen-bond donors (Lipinski definition) is 0. The molecule has 0 aliphatic carbocycles. The summed E-state index contributed by atoms with van der Waals surface area (Å²) >= 11 is 0. The Hall–Kier alpha value is -2.96. The van der Waals surface area contributed by atoms with Gasteiger partial charge in [-0.15, -0.1) is 0 Å². The molecule has 0 saturated heterocycles. The Morgan fingerprint density at radius 3 is 2.70 bits per heavy atom. The fraction of sp³-hybridized carbons (Fsp3) is 0.250. The van der Waals surface area contributed by atoms with E-state index in [1.807, 2.05) is 0 Å². The number of carbonyl (C=O) groups is 1. The minimum absolute atomic E-state index is 0.101. The summed E-state index contributed by atoms with van der Waals surface area (Å²) in [6.45, 7) is 1.73. The second-order valence-corrected chi connectivity index (χ2v) is 5.47. The lowest BCUT2D eigenvalue weighted by Crippen LogP contribution is -2.32. The first-order valence-corrected chi connectivity index (χ1v) is 7.04. The molecule has 0 N–H and O–H groups in total. The van der Waals surface area contributed by atoms with Crippen molar-refractivity contribution in [2.45, 2.75) is 19.3 Å². The zero-order valence-electron chi connectivity index (χ0n) is 12.6. The van der Waals surface area contributed by atoms with Crippen LogP contribution >= 0.6 is 0 Å². The second-order valence-electron chi connectivity index (χ2n) is 5.47. The third kappa shape index (κ3) is 2.40. The van der Waals surface area contributed by atoms with E-state index in [0.29, 0.717) is 11.3 Å². The highest BCUT2D eigenvalue weighted by atomic mass is 16.6. The van der Waals surface area contributed by atoms with Crippen LogP contribution in [0.15, 0.2) is 35.1 Å². The van der Waals surface area contributed by atoms with Gasteiger partial charge in [-0.2, -0.15) is 0 Å². The fourth-order valence-corrected chi connectivity index (χ4v) is 2.86. The number of fused-ring (bicyclic) bond motifs is 1. The largest absolute Gasteiger partial charge is 0.426 e. The van der Waals surface area contributed by atoms with Crippen LogP contribution in [0.4, 0.5) is 5.69 Å². The van der Waals surface area contributed by atoms with Gasteiger partial charge in [0.25, 0.3) is 11.2 Å². The normalized spacial score (nSPS) is 16.6. The number of ether oxygens (including phenoxy) is 1. The molecule has 3 rings (SSSR count). The maximum absolute atomic E-state index is 12.6. The molecule has 1 atom stereocenters. The summed E-state index contributed by atoms with van der Waals surface area (Å²) in [5.41, 5.74) is 0.851. The van der Waals surface area contributed by atoms with Crippen molar-refractivity contribution in [1.82, 2.24) is 4.57 Å². The van der Waals surface area contributed by atoms with Crippen LogP contribution in [-0.4, -0.2) is 15.5 Å². The van der Waals surface area contributed by atoms with E-state index in [4.69, 9.17) is 4.74 Å². The molecule has 0 bridgehead atoms. The summed E-state index contributed by atoms with van der Waals surface area (Å²) in [5, 5.41) is 11.3. The number of aryl methyl sites for hydroxylation is 1. The molecule has 1 aliphatic heterocycles. The van der Waals surface area contributed by atoms with Crippen LogP contribution < -0.4 is 10.3 Å². The minimum Gasteiger partial charge on any atom is -0.426 e. The zero-order chi connectivity index (χ0) is 16.7. The quantitative estimate of drug-likeness (QED) is 0.480. The molecule has 0 unspecified atom stereocenters. The van der Waals surface area contributed by atoms with Crippen molar-refractivity contribution in [2.75, 3.05) is 0 Å². The van der Waals surface area contributed by atoms with Crippen LogP contribution in [0.5, 0.6) is 5.75 Å². The van der Waals surface area contributed by atoms with Gasteiger partial charge >= 0.3 is 5.97 Å². The summed E-state index contributed by atoms with van der Waals surface area (Å²) in [5.74, 6) is -1.01. The number of hydrogen-bond acceptors (Lipinski definition) is 5. The van der Waals surface area contributed by atoms with E-state index in [1.54, 1.807) is 38.2 Å². The smallest absolute Gasteiger partial charge is 0.312 e. The first-order valence-electron chi connectivity index (χ1n) is 7.04. The van der Waals surface area contributed by atoms with Gasteiger partial charge in [0.15, 0.2) is 0 Å². The number of para-hydroxylation sites is 1. The molecule has 118 valence electrons. The number of nitro benzene ring substituents is 1. The number of aromatic nitrogens is 1. The van der Waals surface area contributed by atoms with Crippen molar-refractivity contribution in [3.05, 3.63) is 67.6 Å². The van der Waals surface area contributed by atoms with E-state index < -0.39 is 16.8 Å². The highest BCUT2D eigenvalue weighted by molar-refractivity contribution is 5.78. The average Bonchev–Trinajstić information content (AvgIpc) is 2.51. The van der Waals surface area contributed by atoms with Crippen molar-refractivity contribution in [3.63, 3.8) is 0 Å². The number of benzene rings is 1. The van der Waals surface area contributed by atoms with Crippen molar-refractivity contribution < 1.29 is 14.5 Å². The minimum atomic E-state index is -0.688. The van der Waals surface area contributed by atoms with Gasteiger partial charge in [0.05, 0.1) is 16.9 Å². The molecule has 1 aromatic heterocycles. The van der Waals surface area contributed by atoms with E-state index in [1.165, 1.54) is 10.6 Å². The monoisotopic (exact) mass is 314 g/mol. The van der Waals surface area contributed by atoms with Crippen LogP contribution in [0.1, 0.15) is 29.2 Å². The molecule has 0 saturated carbocycles. The van der Waals surface area contributed by atoms with Gasteiger partial charge in [-0.3, -0.25) is 19.7 Å². The highest BCUT2D eigenvalue weighted by Crippen LogP contribution is 2.40. The Labute approximate surface area is 131 Å². The Balaban J connectivity index is 2.29. The van der Waals surface area contributed by atoms with Gasteiger partial charge in [-0.25, -0.2) is 0 Å². The molecule has 0 amide bonds. The number of esters is 1. The Kier molecular flexibility index (Phi) is 3.48. The first-order chi connectivity index (χ1) is 10.9. The van der Waals surface area contributed by atoms with Gasteiger partial charge in [-0.1, -0.05) is 18.2 Å². The van der Waals surface area contributed by atoms with E-state index in [0.717, 1.165) is 0 Å². The SMILES string of the molecule is Cc1cc2c(c(=O)n1C)[C@@H](c1ccccc1[N+](=O)[O-])CC(=O)O2. The fourth-order valence-electron chi connectivity index (χ4n) is 2.86. The molecular formula is C16H14N2O5. The molecule has 7 nitrogen and oxygen atoms in total. The first kappa shape index (κ1) is 15.0. The third-order valence-electron chi connectivity index (χ3n) is 4.12. The molecule has 1 aliphatic rings. The van der Waals surface area contributed by atoms with Gasteiger partial charge < -0.3 is 9.30 Å². The van der Waals surface area contributed by atoms with Gasteiger partial charge in [0.2, 0.25) is 0 Å². The average molecular weight is 314 g/mol. The Morgan fingerprint density at radius 2 is 2.00 bits per heavy atom. The molecular weight excluding hydrogens is 300 g/mol. The number of nitro groups is 1. The summed E-state index contributed by atoms with van der Waals surface area (Å²) in [7, 11) is 1.62. The van der Waals surface area contributed by atoms with Crippen LogP contribution in [0.3, 0.4) is 0 Å². The molecule has 1 aromatic carbocycles. The molecule has 7 heteroatoms. The van der Waals surface area contributed by atoms with E-state index >= 15 is 0 Å². The molecule has 0 radical (unpaired) electrons. The van der Waals surface area contributed by atoms with Gasteiger partial charge in [-0.05, 0) is 6.92 Å². The van der Waals surface area contributed by atoms with E-state index in [9.17, 15) is 19.7 Å². The number of nitrogens with zero attached hydrogens (tertiary/aromatic N) is 2. The lowest BCUT2D eigenvalue weighted by molar-refractivity contribution is -0.385. The lowest BCUT2D eigenvalue weighted by atomic mass is 9.86. The zero-order valence-corrected chi connectivity index (χ0v) is 12.6. The van der Waals surface area contributed by atoms with Crippen molar-refractivity contribution >= 4 is 11.7 Å². The number of rotatable bonds is 2. The predicted octanol–water partition coefficient (Wildman–Crippen LogP) is 2.04. The Morgan fingerprint density at radius 1 is 1.30 bits per heavy atom. The molecule has 0 spiro atoms. The van der Waals surface area contributed by atoms with Crippen LogP contribution in [0.25, 0.3) is 0 Å². The standard InChI is InChI=1S/C16H14N2O5/c1-9-7-13-15(16(20)17(9)2)11(8-14(19)23-13)10-5-3-4-6-12(10)18(21)22/h3-7,11H,8H2,1-2H3/t11-/m1/s1. The highest BCUT2D eigenvalue weighted by Gasteiger charge is 2.35. The van der Waals surface area contributed by atoms with Crippen LogP contribution in [0.2, 0.25) is 0 Å². The van der Waals surface area contributed by atoms with Crippen LogP contribution in [0, 0.1) is 17.0 Å². The summed E-state index contributed by atoms with van der Waals surface area (Å²) in [6, 6.07) is 7.76. The number of carbonyl (C=O) groups excluding carboxylic acids is 1. The van der Waals surface area contributed by atoms with Crippen molar-refractivity contribution in [2.24, 2.45) is 7.05 Å². The maximum Gasteiger partial charge on any atom is 0.312 e. The predicted molar refractivity (Wildman–Crippen MR) is 81.6 cm³/mol. The maximum atomic E-state index is 12.6. The number of pyridine rings is 1.